The fourth-order valence-corrected chi connectivity index (χ4v) is 5.98. The summed E-state index contributed by atoms with van der Waals surface area (Å²) in [4.78, 5) is 0. The molecule has 2 fully saturated rings. The van der Waals surface area contributed by atoms with Gasteiger partial charge >= 0.3 is 0 Å². The fraction of sp³-hybridized carbons (Fsp3) is 0.600. The van der Waals surface area contributed by atoms with Gasteiger partial charge in [-0.1, -0.05) is 25.5 Å². The topological polar surface area (TPSA) is 20.2 Å². The summed E-state index contributed by atoms with van der Waals surface area (Å²) in [5.74, 6) is 1.24. The lowest BCUT2D eigenvalue weighted by atomic mass is 9.52. The van der Waals surface area contributed by atoms with E-state index in [1.807, 2.05) is 6.07 Å². The highest BCUT2D eigenvalue weighted by molar-refractivity contribution is 5.44. The molecule has 0 amide bonds. The number of aromatic hydroxyl groups is 1. The van der Waals surface area contributed by atoms with Gasteiger partial charge in [-0.3, -0.25) is 0 Å². The van der Waals surface area contributed by atoms with E-state index in [-0.39, 0.29) is 0 Å². The Bertz CT molecular complexity index is 610. The monoisotopic (exact) mass is 298 g/mol. The number of benzene rings is 1. The number of hydrogen-bond donors (Lipinski definition) is 1. The molecule has 22 heavy (non-hydrogen) atoms. The van der Waals surface area contributed by atoms with E-state index < -0.39 is 0 Å². The summed E-state index contributed by atoms with van der Waals surface area (Å²) in [5, 5.41) is 10.0. The van der Waals surface area contributed by atoms with Crippen molar-refractivity contribution in [2.24, 2.45) is 5.92 Å². The van der Waals surface area contributed by atoms with Crippen LogP contribution in [0.25, 0.3) is 0 Å². The molecule has 2 heteroatoms. The Kier molecular flexibility index (Phi) is 3.16. The molecule has 118 valence electrons. The minimum absolute atomic E-state index is 0.341. The Morgan fingerprint density at radius 2 is 2.23 bits per heavy atom. The fourth-order valence-electron chi connectivity index (χ4n) is 5.98. The lowest BCUT2D eigenvalue weighted by molar-refractivity contribution is -0.940. The van der Waals surface area contributed by atoms with Crippen molar-refractivity contribution in [1.82, 2.24) is 0 Å². The molecule has 4 atom stereocenters. The van der Waals surface area contributed by atoms with E-state index in [9.17, 15) is 5.11 Å². The first-order valence-corrected chi connectivity index (χ1v) is 8.87. The summed E-state index contributed by atoms with van der Waals surface area (Å²) in [6, 6.07) is 6.89. The minimum atomic E-state index is 0.341. The smallest absolute Gasteiger partial charge is 0.115 e. The Morgan fingerprint density at radius 3 is 3.05 bits per heavy atom. The molecular weight excluding hydrogens is 270 g/mol. The molecule has 0 spiro atoms. The molecule has 1 saturated heterocycles. The number of likely N-dealkylation sites (tertiary alicyclic amines) is 1. The van der Waals surface area contributed by atoms with Crippen LogP contribution in [0.1, 0.15) is 43.2 Å². The van der Waals surface area contributed by atoms with Gasteiger partial charge in [-0.05, 0) is 42.2 Å². The molecule has 1 heterocycles. The first kappa shape index (κ1) is 14.3. The number of likely N-dealkylation sites (N-methyl/N-ethyl adjacent to an activating group) is 1. The van der Waals surface area contributed by atoms with E-state index >= 15 is 0 Å². The van der Waals surface area contributed by atoms with Crippen molar-refractivity contribution >= 4 is 0 Å². The number of hydrogen-bond acceptors (Lipinski definition) is 1. The molecule has 1 aliphatic heterocycles. The zero-order valence-corrected chi connectivity index (χ0v) is 13.7. The number of piperidine rings is 1. The molecule has 2 nitrogen and oxygen atoms in total. The summed E-state index contributed by atoms with van der Waals surface area (Å²) in [6.07, 6.45) is 9.97. The van der Waals surface area contributed by atoms with Gasteiger partial charge in [0.2, 0.25) is 0 Å². The van der Waals surface area contributed by atoms with Crippen LogP contribution in [0.15, 0.2) is 30.9 Å². The Labute approximate surface area is 134 Å². The van der Waals surface area contributed by atoms with Gasteiger partial charge in [0.05, 0.1) is 26.2 Å². The van der Waals surface area contributed by atoms with E-state index in [0.29, 0.717) is 11.2 Å². The van der Waals surface area contributed by atoms with Crippen LogP contribution in [0, 0.1) is 5.92 Å². The van der Waals surface area contributed by atoms with Crippen molar-refractivity contribution in [2.75, 3.05) is 20.1 Å². The van der Waals surface area contributed by atoms with E-state index in [1.165, 1.54) is 56.2 Å². The van der Waals surface area contributed by atoms with Crippen molar-refractivity contribution in [3.05, 3.63) is 42.0 Å². The number of rotatable bonds is 2. The van der Waals surface area contributed by atoms with E-state index in [4.69, 9.17) is 0 Å². The molecule has 4 unspecified atom stereocenters. The average molecular weight is 298 g/mol. The summed E-state index contributed by atoms with van der Waals surface area (Å²) in [5.41, 5.74) is 3.32. The van der Waals surface area contributed by atoms with Crippen molar-refractivity contribution in [1.29, 1.82) is 0 Å². The molecule has 2 bridgehead atoms. The Balaban J connectivity index is 1.87. The zero-order valence-electron chi connectivity index (χ0n) is 13.7. The largest absolute Gasteiger partial charge is 0.508 e. The van der Waals surface area contributed by atoms with Gasteiger partial charge in [-0.15, -0.1) is 0 Å². The van der Waals surface area contributed by atoms with Crippen LogP contribution in [0.5, 0.6) is 5.75 Å². The standard InChI is InChI=1S/C20H27NO/c1-3-11-21(2)12-10-20-9-5-4-6-17(20)19(21)13-15-7-8-16(22)14-18(15)20/h3,7-8,14,17,19H,1,4-6,9-13H2,2H3/p+1. The minimum Gasteiger partial charge on any atom is -0.508 e. The predicted octanol–water partition coefficient (Wildman–Crippen LogP) is 3.78. The highest BCUT2D eigenvalue weighted by Gasteiger charge is 2.58. The van der Waals surface area contributed by atoms with Gasteiger partial charge in [0.25, 0.3) is 0 Å². The molecular formula is C20H28NO+. The Morgan fingerprint density at radius 1 is 1.36 bits per heavy atom. The van der Waals surface area contributed by atoms with Gasteiger partial charge in [0.15, 0.2) is 0 Å². The highest BCUT2D eigenvalue weighted by Crippen LogP contribution is 2.57. The van der Waals surface area contributed by atoms with Crippen molar-refractivity contribution < 1.29 is 9.59 Å². The van der Waals surface area contributed by atoms with Gasteiger partial charge in [0, 0.05) is 24.2 Å². The van der Waals surface area contributed by atoms with Crippen molar-refractivity contribution in [3.8, 4) is 5.75 Å². The molecule has 1 aromatic carbocycles. The molecule has 3 aliphatic rings. The van der Waals surface area contributed by atoms with E-state index in [2.05, 4.69) is 31.8 Å². The average Bonchev–Trinajstić information content (AvgIpc) is 2.52. The van der Waals surface area contributed by atoms with Gasteiger partial charge < -0.3 is 9.59 Å². The maximum absolute atomic E-state index is 10.0. The summed E-state index contributed by atoms with van der Waals surface area (Å²) < 4.78 is 1.16. The quantitative estimate of drug-likeness (QED) is 0.651. The maximum Gasteiger partial charge on any atom is 0.115 e. The lowest BCUT2D eigenvalue weighted by Gasteiger charge is -2.61. The summed E-state index contributed by atoms with van der Waals surface area (Å²) >= 11 is 0. The molecule has 1 aromatic rings. The molecule has 1 N–H and O–H groups in total. The van der Waals surface area contributed by atoms with Crippen LogP contribution in [0.2, 0.25) is 0 Å². The second-order valence-corrected chi connectivity index (χ2v) is 8.05. The number of nitrogens with zero attached hydrogens (tertiary/aromatic N) is 1. The third-order valence-corrected chi connectivity index (χ3v) is 7.04. The lowest BCUT2D eigenvalue weighted by Crippen LogP contribution is -2.68. The third-order valence-electron chi connectivity index (χ3n) is 7.04. The van der Waals surface area contributed by atoms with Crippen LogP contribution in [0.3, 0.4) is 0 Å². The number of fused-ring (bicyclic) bond motifs is 1. The Hall–Kier alpha value is -1.28. The van der Waals surface area contributed by atoms with Crippen molar-refractivity contribution in [2.45, 2.75) is 50.0 Å². The van der Waals surface area contributed by atoms with Crippen molar-refractivity contribution in [3.63, 3.8) is 0 Å². The summed E-state index contributed by atoms with van der Waals surface area (Å²) in [6.45, 7) is 6.36. The SMILES string of the molecule is C=CC[N+]1(C)CCC23CCCCC2C1Cc1ccc(O)cc13. The van der Waals surface area contributed by atoms with E-state index in [0.717, 1.165) is 23.0 Å². The molecule has 0 radical (unpaired) electrons. The predicted molar refractivity (Wildman–Crippen MR) is 90.0 cm³/mol. The second kappa shape index (κ2) is 4.86. The molecule has 4 rings (SSSR count). The first-order chi connectivity index (χ1) is 10.6. The van der Waals surface area contributed by atoms with Crippen LogP contribution >= 0.6 is 0 Å². The van der Waals surface area contributed by atoms with E-state index in [1.54, 1.807) is 0 Å². The first-order valence-electron chi connectivity index (χ1n) is 8.87. The van der Waals surface area contributed by atoms with Crippen LogP contribution < -0.4 is 0 Å². The second-order valence-electron chi connectivity index (χ2n) is 8.05. The molecule has 0 aromatic heterocycles. The molecule has 2 aliphatic carbocycles. The highest BCUT2D eigenvalue weighted by atomic mass is 16.3. The van der Waals surface area contributed by atoms with Gasteiger partial charge in [-0.2, -0.15) is 0 Å². The van der Waals surface area contributed by atoms with Gasteiger partial charge in [-0.25, -0.2) is 0 Å². The zero-order chi connectivity index (χ0) is 15.4. The van der Waals surface area contributed by atoms with Gasteiger partial charge in [0.1, 0.15) is 5.75 Å². The number of phenols is 1. The molecule has 1 saturated carbocycles. The van der Waals surface area contributed by atoms with Crippen LogP contribution in [-0.4, -0.2) is 35.8 Å². The maximum atomic E-state index is 10.0. The van der Waals surface area contributed by atoms with Crippen LogP contribution in [-0.2, 0) is 11.8 Å². The number of phenolic OH excluding ortho intramolecular Hbond substituents is 1. The summed E-state index contributed by atoms with van der Waals surface area (Å²) in [7, 11) is 2.44. The van der Waals surface area contributed by atoms with Crippen LogP contribution in [0.4, 0.5) is 0 Å². The third kappa shape index (κ3) is 1.83. The normalized spacial score (nSPS) is 39.7. The number of quaternary nitrogens is 1.